The van der Waals surface area contributed by atoms with Crippen molar-refractivity contribution in [2.75, 3.05) is 25.8 Å². The second kappa shape index (κ2) is 12.6. The molecule has 2 saturated heterocycles. The van der Waals surface area contributed by atoms with Gasteiger partial charge in [0, 0.05) is 24.9 Å². The molecular formula is C27H55N2P. The summed E-state index contributed by atoms with van der Waals surface area (Å²) < 4.78 is 3.05. The minimum Gasteiger partial charge on any atom is -0.295 e. The van der Waals surface area contributed by atoms with Crippen LogP contribution in [0, 0.1) is 35.5 Å². The normalized spacial score (nSPS) is 30.2. The molecule has 3 heteroatoms. The van der Waals surface area contributed by atoms with Crippen molar-refractivity contribution < 1.29 is 0 Å². The predicted molar refractivity (Wildman–Crippen MR) is 137 cm³/mol. The minimum atomic E-state index is -0.0630. The third-order valence-corrected chi connectivity index (χ3v) is 11.8. The molecule has 0 aromatic heterocycles. The summed E-state index contributed by atoms with van der Waals surface area (Å²) in [7, 11) is -0.0630. The molecule has 2 fully saturated rings. The van der Waals surface area contributed by atoms with Crippen molar-refractivity contribution in [3.8, 4) is 0 Å². The van der Waals surface area contributed by atoms with E-state index in [-0.39, 0.29) is 8.07 Å². The lowest BCUT2D eigenvalue weighted by atomic mass is 9.86. The minimum absolute atomic E-state index is 0.0630. The lowest BCUT2D eigenvalue weighted by molar-refractivity contribution is 0.227. The summed E-state index contributed by atoms with van der Waals surface area (Å²) in [4.78, 5) is 2.89. The molecule has 2 heterocycles. The summed E-state index contributed by atoms with van der Waals surface area (Å²) in [6.07, 6.45) is 9.90. The smallest absolute Gasteiger partial charge is 0.0403 e. The molecule has 0 aromatic carbocycles. The van der Waals surface area contributed by atoms with Crippen LogP contribution in [0.25, 0.3) is 0 Å². The Balaban J connectivity index is 2.15. The molecule has 0 amide bonds. The monoisotopic (exact) mass is 438 g/mol. The third-order valence-electron chi connectivity index (χ3n) is 8.64. The Labute approximate surface area is 191 Å². The first-order chi connectivity index (χ1) is 14.1. The first-order valence-electron chi connectivity index (χ1n) is 13.4. The summed E-state index contributed by atoms with van der Waals surface area (Å²) in [5.74, 6) is 5.99. The van der Waals surface area contributed by atoms with Gasteiger partial charge in [0.25, 0.3) is 0 Å². The van der Waals surface area contributed by atoms with Crippen LogP contribution in [-0.4, -0.2) is 47.2 Å². The van der Waals surface area contributed by atoms with E-state index in [2.05, 4.69) is 71.9 Å². The van der Waals surface area contributed by atoms with Gasteiger partial charge in [-0.05, 0) is 95.8 Å². The van der Waals surface area contributed by atoms with Crippen LogP contribution in [0.2, 0.25) is 0 Å². The van der Waals surface area contributed by atoms with Gasteiger partial charge in [-0.25, -0.2) is 0 Å². The van der Waals surface area contributed by atoms with Gasteiger partial charge in [-0.2, -0.15) is 0 Å². The lowest BCUT2D eigenvalue weighted by Crippen LogP contribution is -2.39. The van der Waals surface area contributed by atoms with Crippen LogP contribution < -0.4 is 0 Å². The highest BCUT2D eigenvalue weighted by Crippen LogP contribution is 2.53. The van der Waals surface area contributed by atoms with Crippen LogP contribution in [0.15, 0.2) is 0 Å². The first-order valence-corrected chi connectivity index (χ1v) is 15.0. The van der Waals surface area contributed by atoms with E-state index in [4.69, 9.17) is 0 Å². The highest BCUT2D eigenvalue weighted by molar-refractivity contribution is 7.55. The van der Waals surface area contributed by atoms with Crippen LogP contribution in [-0.2, 0) is 0 Å². The van der Waals surface area contributed by atoms with Crippen LogP contribution in [0.3, 0.4) is 0 Å². The highest BCUT2D eigenvalue weighted by atomic mass is 31.1. The van der Waals surface area contributed by atoms with Gasteiger partial charge in [0.05, 0.1) is 0 Å². The van der Waals surface area contributed by atoms with E-state index in [0.717, 1.165) is 47.3 Å². The zero-order chi connectivity index (χ0) is 22.4. The number of nitrogens with zero attached hydrogens (tertiary/aromatic N) is 2. The summed E-state index contributed by atoms with van der Waals surface area (Å²) in [5.41, 5.74) is 0. The summed E-state index contributed by atoms with van der Waals surface area (Å²) in [6.45, 7) is 26.2. The largest absolute Gasteiger partial charge is 0.295 e. The molecule has 6 atom stereocenters. The Bertz CT molecular complexity index is 477. The van der Waals surface area contributed by atoms with Crippen molar-refractivity contribution in [3.63, 3.8) is 0 Å². The summed E-state index contributed by atoms with van der Waals surface area (Å²) >= 11 is 0. The van der Waals surface area contributed by atoms with Crippen LogP contribution in [0.4, 0.5) is 0 Å². The Morgan fingerprint density at radius 2 is 1.47 bits per heavy atom. The Morgan fingerprint density at radius 1 is 0.833 bits per heavy atom. The van der Waals surface area contributed by atoms with Crippen molar-refractivity contribution in [3.05, 3.63) is 0 Å². The molecule has 6 unspecified atom stereocenters. The van der Waals surface area contributed by atoms with Crippen molar-refractivity contribution >= 4 is 8.07 Å². The third kappa shape index (κ3) is 7.18. The van der Waals surface area contributed by atoms with E-state index in [1.54, 1.807) is 0 Å². The van der Waals surface area contributed by atoms with Crippen molar-refractivity contribution in [1.82, 2.24) is 9.57 Å². The maximum absolute atomic E-state index is 3.05. The van der Waals surface area contributed by atoms with Crippen molar-refractivity contribution in [2.24, 2.45) is 35.5 Å². The molecule has 0 aromatic rings. The van der Waals surface area contributed by atoms with Gasteiger partial charge >= 0.3 is 0 Å². The lowest BCUT2D eigenvalue weighted by Gasteiger charge is -2.43. The van der Waals surface area contributed by atoms with E-state index >= 15 is 0 Å². The summed E-state index contributed by atoms with van der Waals surface area (Å²) in [6, 6.07) is 0.743. The maximum atomic E-state index is 3.05. The molecule has 2 rings (SSSR count). The molecule has 0 N–H and O–H groups in total. The standard InChI is InChI=1S/C27H55N2P/c1-10-11-26(21(4)5)18-23(8)29-16-13-25(20(2)3)14-17-30(29)24(9)28-15-12-27(19-28)22(6)7/h20-27H,10-19H2,1-9H3. The molecular weight excluding hydrogens is 383 g/mol. The van der Waals surface area contributed by atoms with Gasteiger partial charge in [-0.15, -0.1) is 0 Å². The molecule has 0 saturated carbocycles. The van der Waals surface area contributed by atoms with Gasteiger partial charge in [0.2, 0.25) is 0 Å². The fourth-order valence-electron chi connectivity index (χ4n) is 6.08. The van der Waals surface area contributed by atoms with Crippen LogP contribution in [0.5, 0.6) is 0 Å². The van der Waals surface area contributed by atoms with Crippen molar-refractivity contribution in [1.29, 1.82) is 0 Å². The maximum Gasteiger partial charge on any atom is 0.0403 e. The topological polar surface area (TPSA) is 6.48 Å². The quantitative estimate of drug-likeness (QED) is 0.320. The Morgan fingerprint density at radius 3 is 2.00 bits per heavy atom. The fourth-order valence-corrected chi connectivity index (χ4v) is 9.30. The van der Waals surface area contributed by atoms with E-state index in [1.807, 2.05) is 0 Å². The van der Waals surface area contributed by atoms with Crippen LogP contribution >= 0.6 is 8.07 Å². The summed E-state index contributed by atoms with van der Waals surface area (Å²) in [5, 5.41) is 0. The molecule has 2 aliphatic heterocycles. The average Bonchev–Trinajstić information content (AvgIpc) is 3.07. The van der Waals surface area contributed by atoms with Gasteiger partial charge in [-0.3, -0.25) is 9.57 Å². The number of hydrogen-bond donors (Lipinski definition) is 0. The molecule has 0 aliphatic carbocycles. The molecule has 0 bridgehead atoms. The van der Waals surface area contributed by atoms with E-state index in [1.165, 1.54) is 64.3 Å². The SMILES string of the molecule is CCCC(CC(C)N1CCC(C(C)C)CCP1C(C)N1CCC(C(C)C)C1)C(C)C. The zero-order valence-corrected chi connectivity index (χ0v) is 22.9. The molecule has 0 spiro atoms. The molecule has 30 heavy (non-hydrogen) atoms. The number of likely N-dealkylation sites (tertiary alicyclic amines) is 1. The van der Waals surface area contributed by atoms with Gasteiger partial charge in [0.15, 0.2) is 0 Å². The van der Waals surface area contributed by atoms with E-state index in [0.29, 0.717) is 0 Å². The van der Waals surface area contributed by atoms with Crippen molar-refractivity contribution in [2.45, 2.75) is 113 Å². The second-order valence-electron chi connectivity index (χ2n) is 11.7. The average molecular weight is 439 g/mol. The molecule has 2 nitrogen and oxygen atoms in total. The highest BCUT2D eigenvalue weighted by Gasteiger charge is 2.38. The Hall–Kier alpha value is 0.350. The fraction of sp³-hybridized carbons (Fsp3) is 1.00. The van der Waals surface area contributed by atoms with E-state index in [9.17, 15) is 0 Å². The van der Waals surface area contributed by atoms with Gasteiger partial charge < -0.3 is 0 Å². The number of rotatable bonds is 10. The molecule has 2 aliphatic rings. The Kier molecular flexibility index (Phi) is 11.1. The van der Waals surface area contributed by atoms with Crippen LogP contribution in [0.1, 0.15) is 101 Å². The van der Waals surface area contributed by atoms with Gasteiger partial charge in [0.1, 0.15) is 0 Å². The number of hydrogen-bond acceptors (Lipinski definition) is 2. The first kappa shape index (κ1) is 26.6. The van der Waals surface area contributed by atoms with E-state index < -0.39 is 0 Å². The predicted octanol–water partition coefficient (Wildman–Crippen LogP) is 7.93. The molecule has 0 radical (unpaired) electrons. The molecule has 178 valence electrons. The zero-order valence-electron chi connectivity index (χ0n) is 22.0. The van der Waals surface area contributed by atoms with Gasteiger partial charge in [-0.1, -0.05) is 61.3 Å². The second-order valence-corrected chi connectivity index (χ2v) is 14.3.